The molecule has 17 heavy (non-hydrogen) atoms. The first-order valence-electron chi connectivity index (χ1n) is 6.30. The second-order valence-corrected chi connectivity index (χ2v) is 5.31. The molecule has 0 saturated heterocycles. The molecule has 1 N–H and O–H groups in total. The topological polar surface area (TPSA) is 20.2 Å². The van der Waals surface area contributed by atoms with E-state index in [1.807, 2.05) is 0 Å². The summed E-state index contributed by atoms with van der Waals surface area (Å²) in [5.41, 5.74) is 0.336. The quantitative estimate of drug-likeness (QED) is 0.845. The Morgan fingerprint density at radius 2 is 2.00 bits per heavy atom. The second kappa shape index (κ2) is 5.83. The lowest BCUT2D eigenvalue weighted by Crippen LogP contribution is -2.12. The fraction of sp³-hybridized carbons (Fsp3) is 0.571. The maximum atomic E-state index is 13.7. The van der Waals surface area contributed by atoms with Gasteiger partial charge in [-0.15, -0.1) is 0 Å². The third-order valence-corrected chi connectivity index (χ3v) is 3.91. The number of benzene rings is 1. The van der Waals surface area contributed by atoms with Gasteiger partial charge in [-0.2, -0.15) is 0 Å². The van der Waals surface area contributed by atoms with Crippen molar-refractivity contribution in [2.75, 3.05) is 0 Å². The Hall–Kier alpha value is -0.600. The molecule has 0 aromatic heterocycles. The molecular weight excluding hydrogens is 239 g/mol. The minimum Gasteiger partial charge on any atom is -0.388 e. The van der Waals surface area contributed by atoms with Crippen molar-refractivity contribution in [3.8, 4) is 0 Å². The summed E-state index contributed by atoms with van der Waals surface area (Å²) in [5.74, 6) is 0.0506. The van der Waals surface area contributed by atoms with E-state index < -0.39 is 11.9 Å². The molecule has 0 aliphatic heterocycles. The van der Waals surface area contributed by atoms with Crippen LogP contribution in [-0.2, 0) is 0 Å². The molecule has 3 heteroatoms. The number of aliphatic hydroxyl groups excluding tert-OH is 1. The van der Waals surface area contributed by atoms with Crippen LogP contribution in [0, 0.1) is 11.7 Å². The van der Waals surface area contributed by atoms with Crippen molar-refractivity contribution in [2.45, 2.75) is 44.6 Å². The Morgan fingerprint density at radius 3 is 2.71 bits per heavy atom. The Bertz CT molecular complexity index is 374. The Balaban J connectivity index is 2.03. The molecule has 1 aromatic carbocycles. The summed E-state index contributed by atoms with van der Waals surface area (Å²) < 4.78 is 13.7. The van der Waals surface area contributed by atoms with Crippen LogP contribution in [0.25, 0.3) is 0 Å². The van der Waals surface area contributed by atoms with Gasteiger partial charge in [0.1, 0.15) is 5.82 Å². The molecule has 1 aliphatic rings. The third-order valence-electron chi connectivity index (χ3n) is 3.62. The highest BCUT2D eigenvalue weighted by Gasteiger charge is 2.21. The monoisotopic (exact) mass is 256 g/mol. The molecule has 1 saturated carbocycles. The molecule has 0 spiro atoms. The number of hydrogen-bond donors (Lipinski definition) is 1. The number of halogens is 2. The molecule has 0 heterocycles. The zero-order valence-electron chi connectivity index (χ0n) is 9.83. The fourth-order valence-electron chi connectivity index (χ4n) is 2.64. The highest BCUT2D eigenvalue weighted by Crippen LogP contribution is 2.33. The minimum atomic E-state index is -0.725. The van der Waals surface area contributed by atoms with E-state index in [0.717, 1.165) is 12.8 Å². The lowest BCUT2D eigenvalue weighted by Gasteiger charge is -2.24. The van der Waals surface area contributed by atoms with E-state index in [2.05, 4.69) is 0 Å². The standard InChI is InChI=1S/C14H18ClFO/c15-12-8-4-7-11(14(12)16)13(17)9-10-5-2-1-3-6-10/h4,7-8,10,13,17H,1-3,5-6,9H2. The van der Waals surface area contributed by atoms with Crippen molar-refractivity contribution in [1.82, 2.24) is 0 Å². The lowest BCUT2D eigenvalue weighted by atomic mass is 9.84. The van der Waals surface area contributed by atoms with Gasteiger partial charge in [0.15, 0.2) is 0 Å². The van der Waals surface area contributed by atoms with Crippen molar-refractivity contribution in [3.05, 3.63) is 34.6 Å². The number of aliphatic hydroxyl groups is 1. The molecule has 1 unspecified atom stereocenters. The Morgan fingerprint density at radius 1 is 1.29 bits per heavy atom. The van der Waals surface area contributed by atoms with Crippen molar-refractivity contribution in [2.24, 2.45) is 5.92 Å². The molecule has 1 fully saturated rings. The van der Waals surface area contributed by atoms with E-state index in [0.29, 0.717) is 17.9 Å². The maximum absolute atomic E-state index is 13.7. The van der Waals surface area contributed by atoms with E-state index in [1.165, 1.54) is 25.3 Å². The van der Waals surface area contributed by atoms with Crippen LogP contribution in [0.2, 0.25) is 5.02 Å². The van der Waals surface area contributed by atoms with Crippen molar-refractivity contribution in [3.63, 3.8) is 0 Å². The average Bonchev–Trinajstić information content (AvgIpc) is 2.34. The summed E-state index contributed by atoms with van der Waals surface area (Å²) in [6.45, 7) is 0. The molecular formula is C14H18ClFO. The van der Waals surface area contributed by atoms with E-state index >= 15 is 0 Å². The van der Waals surface area contributed by atoms with Crippen LogP contribution in [0.1, 0.15) is 50.2 Å². The first kappa shape index (κ1) is 12.8. The van der Waals surface area contributed by atoms with Crippen molar-refractivity contribution < 1.29 is 9.50 Å². The van der Waals surface area contributed by atoms with E-state index in [9.17, 15) is 9.50 Å². The largest absolute Gasteiger partial charge is 0.388 e. The van der Waals surface area contributed by atoms with Gasteiger partial charge in [0.05, 0.1) is 11.1 Å². The van der Waals surface area contributed by atoms with Crippen LogP contribution < -0.4 is 0 Å². The predicted octanol–water partition coefficient (Wildman–Crippen LogP) is 4.48. The molecule has 2 rings (SSSR count). The van der Waals surface area contributed by atoms with Crippen LogP contribution in [0.5, 0.6) is 0 Å². The van der Waals surface area contributed by atoms with Gasteiger partial charge in [0.2, 0.25) is 0 Å². The second-order valence-electron chi connectivity index (χ2n) is 4.90. The van der Waals surface area contributed by atoms with Gasteiger partial charge >= 0.3 is 0 Å². The van der Waals surface area contributed by atoms with Crippen molar-refractivity contribution in [1.29, 1.82) is 0 Å². The molecule has 1 nitrogen and oxygen atoms in total. The van der Waals surface area contributed by atoms with Gasteiger partial charge in [0.25, 0.3) is 0 Å². The Labute approximate surface area is 107 Å². The minimum absolute atomic E-state index is 0.0881. The normalized spacial score (nSPS) is 19.2. The predicted molar refractivity (Wildman–Crippen MR) is 67.6 cm³/mol. The maximum Gasteiger partial charge on any atom is 0.147 e. The van der Waals surface area contributed by atoms with Gasteiger partial charge in [-0.1, -0.05) is 55.8 Å². The van der Waals surface area contributed by atoms with E-state index in [1.54, 1.807) is 12.1 Å². The van der Waals surface area contributed by atoms with Gasteiger partial charge in [-0.05, 0) is 18.4 Å². The van der Waals surface area contributed by atoms with Crippen LogP contribution in [0.15, 0.2) is 18.2 Å². The van der Waals surface area contributed by atoms with Gasteiger partial charge in [-0.25, -0.2) is 4.39 Å². The smallest absolute Gasteiger partial charge is 0.147 e. The van der Waals surface area contributed by atoms with Crippen LogP contribution >= 0.6 is 11.6 Å². The SMILES string of the molecule is OC(CC1CCCCC1)c1cccc(Cl)c1F. The fourth-order valence-corrected chi connectivity index (χ4v) is 2.83. The van der Waals surface area contributed by atoms with Gasteiger partial charge in [-0.3, -0.25) is 0 Å². The highest BCUT2D eigenvalue weighted by atomic mass is 35.5. The summed E-state index contributed by atoms with van der Waals surface area (Å²) in [6, 6.07) is 4.81. The summed E-state index contributed by atoms with van der Waals surface area (Å²) in [7, 11) is 0. The summed E-state index contributed by atoms with van der Waals surface area (Å²) >= 11 is 5.71. The van der Waals surface area contributed by atoms with Gasteiger partial charge in [0, 0.05) is 5.56 Å². The number of hydrogen-bond acceptors (Lipinski definition) is 1. The molecule has 0 radical (unpaired) electrons. The molecule has 0 amide bonds. The lowest BCUT2D eigenvalue weighted by molar-refractivity contribution is 0.128. The zero-order valence-corrected chi connectivity index (χ0v) is 10.6. The molecule has 1 atom stereocenters. The van der Waals surface area contributed by atoms with E-state index in [-0.39, 0.29) is 5.02 Å². The molecule has 1 aromatic rings. The highest BCUT2D eigenvalue weighted by molar-refractivity contribution is 6.30. The first-order valence-corrected chi connectivity index (χ1v) is 6.68. The summed E-state index contributed by atoms with van der Waals surface area (Å²) in [5, 5.41) is 10.2. The summed E-state index contributed by atoms with van der Waals surface area (Å²) in [4.78, 5) is 0. The molecule has 1 aliphatic carbocycles. The molecule has 94 valence electrons. The van der Waals surface area contributed by atoms with Crippen LogP contribution in [0.3, 0.4) is 0 Å². The summed E-state index contributed by atoms with van der Waals surface area (Å²) in [6.07, 6.45) is 5.98. The van der Waals surface area contributed by atoms with Gasteiger partial charge < -0.3 is 5.11 Å². The van der Waals surface area contributed by atoms with Crippen LogP contribution in [-0.4, -0.2) is 5.11 Å². The number of rotatable bonds is 3. The van der Waals surface area contributed by atoms with E-state index in [4.69, 9.17) is 11.6 Å². The van der Waals surface area contributed by atoms with Crippen molar-refractivity contribution >= 4 is 11.6 Å². The average molecular weight is 257 g/mol. The third kappa shape index (κ3) is 3.20. The Kier molecular flexibility index (Phi) is 4.41. The molecule has 0 bridgehead atoms. The first-order chi connectivity index (χ1) is 8.18. The zero-order chi connectivity index (χ0) is 12.3. The van der Waals surface area contributed by atoms with Crippen LogP contribution in [0.4, 0.5) is 4.39 Å².